The molecule has 0 fully saturated rings. The first kappa shape index (κ1) is 22.2. The molecule has 10 heteroatoms. The van der Waals surface area contributed by atoms with Crippen molar-refractivity contribution in [3.05, 3.63) is 58.6 Å². The lowest BCUT2D eigenvalue weighted by Crippen LogP contribution is -2.27. The standard InChI is InChI=1S/C18H24N4O4S2/c1-21(2)11-10-15(13-27-16-6-4-3-5-7-16)20-14-8-9-18(28(19,25)26)17(12-14)22(23)24/h3-9,12,15,20H,10-11,13H2,1-2H3,(H2,19,25,26)/t15-/m1/s1. The first-order valence-electron chi connectivity index (χ1n) is 8.57. The van der Waals surface area contributed by atoms with E-state index >= 15 is 0 Å². The van der Waals surface area contributed by atoms with Gasteiger partial charge >= 0.3 is 0 Å². The van der Waals surface area contributed by atoms with Crippen molar-refractivity contribution in [2.45, 2.75) is 22.3 Å². The van der Waals surface area contributed by atoms with Crippen LogP contribution in [0.4, 0.5) is 11.4 Å². The second-order valence-electron chi connectivity index (χ2n) is 6.54. The normalized spacial score (nSPS) is 12.7. The first-order chi connectivity index (χ1) is 13.2. The highest BCUT2D eigenvalue weighted by molar-refractivity contribution is 7.99. The quantitative estimate of drug-likeness (QED) is 0.342. The molecule has 2 rings (SSSR count). The molecule has 0 unspecified atom stereocenters. The van der Waals surface area contributed by atoms with Gasteiger partial charge in [0.25, 0.3) is 5.69 Å². The van der Waals surface area contributed by atoms with Crippen molar-refractivity contribution < 1.29 is 13.3 Å². The molecule has 2 aromatic rings. The number of nitrogens with one attached hydrogen (secondary N) is 1. The lowest BCUT2D eigenvalue weighted by Gasteiger charge is -2.22. The highest BCUT2D eigenvalue weighted by Gasteiger charge is 2.23. The van der Waals surface area contributed by atoms with Crippen molar-refractivity contribution in [1.29, 1.82) is 0 Å². The van der Waals surface area contributed by atoms with Gasteiger partial charge in [0.1, 0.15) is 0 Å². The molecular weight excluding hydrogens is 400 g/mol. The summed E-state index contributed by atoms with van der Waals surface area (Å²) in [4.78, 5) is 13.2. The van der Waals surface area contributed by atoms with Crippen molar-refractivity contribution in [2.24, 2.45) is 5.14 Å². The molecule has 0 radical (unpaired) electrons. The minimum atomic E-state index is -4.17. The Bertz CT molecular complexity index is 905. The molecule has 0 spiro atoms. The maximum Gasteiger partial charge on any atom is 0.291 e. The van der Waals surface area contributed by atoms with Crippen LogP contribution in [0.5, 0.6) is 0 Å². The number of benzene rings is 2. The molecule has 2 aromatic carbocycles. The second-order valence-corrected chi connectivity index (χ2v) is 9.17. The van der Waals surface area contributed by atoms with Gasteiger partial charge in [0.2, 0.25) is 10.0 Å². The van der Waals surface area contributed by atoms with Gasteiger partial charge in [-0.15, -0.1) is 11.8 Å². The van der Waals surface area contributed by atoms with Crippen molar-refractivity contribution in [3.8, 4) is 0 Å². The zero-order valence-electron chi connectivity index (χ0n) is 15.7. The average molecular weight is 425 g/mol. The fourth-order valence-electron chi connectivity index (χ4n) is 2.55. The second kappa shape index (κ2) is 9.87. The van der Waals surface area contributed by atoms with Crippen LogP contribution in [0, 0.1) is 10.1 Å². The van der Waals surface area contributed by atoms with E-state index in [-0.39, 0.29) is 6.04 Å². The zero-order valence-corrected chi connectivity index (χ0v) is 17.4. The molecule has 152 valence electrons. The van der Waals surface area contributed by atoms with E-state index in [9.17, 15) is 18.5 Å². The molecule has 0 saturated heterocycles. The number of hydrogen-bond acceptors (Lipinski definition) is 7. The highest BCUT2D eigenvalue weighted by atomic mass is 32.2. The fourth-order valence-corrected chi connectivity index (χ4v) is 4.23. The van der Waals surface area contributed by atoms with Gasteiger partial charge in [0.05, 0.1) is 4.92 Å². The number of anilines is 1. The van der Waals surface area contributed by atoms with Crippen LogP contribution >= 0.6 is 11.8 Å². The predicted octanol–water partition coefficient (Wildman–Crippen LogP) is 2.77. The van der Waals surface area contributed by atoms with Gasteiger partial charge in [-0.1, -0.05) is 18.2 Å². The topological polar surface area (TPSA) is 119 Å². The van der Waals surface area contributed by atoms with Gasteiger partial charge in [-0.05, 0) is 51.3 Å². The molecule has 1 atom stereocenters. The van der Waals surface area contributed by atoms with E-state index < -0.39 is 25.5 Å². The summed E-state index contributed by atoms with van der Waals surface area (Å²) >= 11 is 1.69. The third-order valence-corrected chi connectivity index (χ3v) is 6.08. The molecule has 0 aromatic heterocycles. The highest BCUT2D eigenvalue weighted by Crippen LogP contribution is 2.28. The van der Waals surface area contributed by atoms with Crippen LogP contribution in [-0.2, 0) is 10.0 Å². The Labute approximate surface area is 169 Å². The number of hydrogen-bond donors (Lipinski definition) is 2. The number of primary sulfonamides is 1. The van der Waals surface area contributed by atoms with Crippen LogP contribution < -0.4 is 10.5 Å². The van der Waals surface area contributed by atoms with Gasteiger partial charge in [0.15, 0.2) is 4.90 Å². The first-order valence-corrected chi connectivity index (χ1v) is 11.1. The predicted molar refractivity (Wildman–Crippen MR) is 112 cm³/mol. The fraction of sp³-hybridized carbons (Fsp3) is 0.333. The van der Waals surface area contributed by atoms with E-state index in [0.29, 0.717) is 5.69 Å². The maximum absolute atomic E-state index is 11.6. The van der Waals surface area contributed by atoms with E-state index in [1.807, 2.05) is 44.4 Å². The smallest absolute Gasteiger partial charge is 0.291 e. The number of sulfonamides is 1. The Morgan fingerprint density at radius 2 is 1.89 bits per heavy atom. The number of thioether (sulfide) groups is 1. The molecule has 0 bridgehead atoms. The van der Waals surface area contributed by atoms with Crippen molar-refractivity contribution in [2.75, 3.05) is 31.7 Å². The molecule has 0 heterocycles. The van der Waals surface area contributed by atoms with Crippen LogP contribution in [0.3, 0.4) is 0 Å². The van der Waals surface area contributed by atoms with Gasteiger partial charge in [-0.2, -0.15) is 0 Å². The van der Waals surface area contributed by atoms with Crippen molar-refractivity contribution in [1.82, 2.24) is 4.90 Å². The zero-order chi connectivity index (χ0) is 20.7. The Balaban J connectivity index is 2.19. The molecule has 3 N–H and O–H groups in total. The average Bonchev–Trinajstić information content (AvgIpc) is 2.63. The number of nitrogens with zero attached hydrogens (tertiary/aromatic N) is 2. The summed E-state index contributed by atoms with van der Waals surface area (Å²) in [5.74, 6) is 0.753. The summed E-state index contributed by atoms with van der Waals surface area (Å²) < 4.78 is 23.1. The van der Waals surface area contributed by atoms with Crippen molar-refractivity contribution >= 4 is 33.2 Å². The maximum atomic E-state index is 11.6. The van der Waals surface area contributed by atoms with E-state index in [1.165, 1.54) is 18.2 Å². The molecule has 0 aliphatic rings. The van der Waals surface area contributed by atoms with Gasteiger partial charge in [0, 0.05) is 28.4 Å². The molecule has 0 aliphatic carbocycles. The molecule has 28 heavy (non-hydrogen) atoms. The number of nitro benzene ring substituents is 1. The Morgan fingerprint density at radius 3 is 2.46 bits per heavy atom. The number of nitro groups is 1. The summed E-state index contributed by atoms with van der Waals surface area (Å²) in [6.45, 7) is 0.838. The molecule has 8 nitrogen and oxygen atoms in total. The summed E-state index contributed by atoms with van der Waals surface area (Å²) in [6.07, 6.45) is 0.817. The molecule has 0 aliphatic heterocycles. The van der Waals surface area contributed by atoms with Gasteiger partial charge in [-0.3, -0.25) is 10.1 Å². The Morgan fingerprint density at radius 1 is 1.21 bits per heavy atom. The SMILES string of the molecule is CN(C)CC[C@H](CSc1ccccc1)Nc1ccc(S(N)(=O)=O)c([N+](=O)[O-])c1. The molecule has 0 amide bonds. The van der Waals surface area contributed by atoms with Crippen LogP contribution in [0.15, 0.2) is 58.3 Å². The van der Waals surface area contributed by atoms with E-state index in [0.717, 1.165) is 23.6 Å². The minimum Gasteiger partial charge on any atom is -0.381 e. The molecular formula is C18H24N4O4S2. The lowest BCUT2D eigenvalue weighted by molar-refractivity contribution is -0.387. The van der Waals surface area contributed by atoms with Gasteiger partial charge in [-0.25, -0.2) is 13.6 Å². The number of rotatable bonds is 10. The molecule has 0 saturated carbocycles. The third kappa shape index (κ3) is 6.79. The largest absolute Gasteiger partial charge is 0.381 e. The minimum absolute atomic E-state index is 0.0348. The van der Waals surface area contributed by atoms with Crippen LogP contribution in [0.2, 0.25) is 0 Å². The van der Waals surface area contributed by atoms with E-state index in [2.05, 4.69) is 10.2 Å². The Hall–Kier alpha value is -2.14. The monoisotopic (exact) mass is 424 g/mol. The summed E-state index contributed by atoms with van der Waals surface area (Å²) in [5.41, 5.74) is -0.0499. The summed E-state index contributed by atoms with van der Waals surface area (Å²) in [6, 6.07) is 13.9. The lowest BCUT2D eigenvalue weighted by atomic mass is 10.2. The van der Waals surface area contributed by atoms with Crippen LogP contribution in [0.1, 0.15) is 6.42 Å². The van der Waals surface area contributed by atoms with E-state index in [4.69, 9.17) is 5.14 Å². The van der Waals surface area contributed by atoms with E-state index in [1.54, 1.807) is 11.8 Å². The van der Waals surface area contributed by atoms with Crippen LogP contribution in [-0.4, -0.2) is 50.7 Å². The summed E-state index contributed by atoms with van der Waals surface area (Å²) in [7, 11) is -0.213. The third-order valence-electron chi connectivity index (χ3n) is 3.95. The van der Waals surface area contributed by atoms with Gasteiger partial charge < -0.3 is 10.2 Å². The summed E-state index contributed by atoms with van der Waals surface area (Å²) in [5, 5.41) is 19.6. The number of nitrogens with two attached hydrogens (primary N) is 1. The van der Waals surface area contributed by atoms with Crippen LogP contribution in [0.25, 0.3) is 0 Å². The van der Waals surface area contributed by atoms with Crippen molar-refractivity contribution in [3.63, 3.8) is 0 Å². The Kier molecular flexibility index (Phi) is 7.81.